The molecule has 0 heterocycles. The van der Waals surface area contributed by atoms with Crippen molar-refractivity contribution in [2.45, 2.75) is 4.90 Å². The molecule has 0 amide bonds. The SMILES string of the molecule is CO[N+](=O)c1cc(N(C)S(=O)(=O)c2ccccc2)ccc1F. The number of nitrogens with zero attached hydrogens (tertiary/aromatic N) is 2. The van der Waals surface area contributed by atoms with E-state index in [1.165, 1.54) is 25.2 Å². The summed E-state index contributed by atoms with van der Waals surface area (Å²) in [4.78, 5) is 15.9. The first-order valence-corrected chi connectivity index (χ1v) is 7.67. The third kappa shape index (κ3) is 2.91. The van der Waals surface area contributed by atoms with Gasteiger partial charge in [-0.15, -0.1) is 0 Å². The van der Waals surface area contributed by atoms with Crippen molar-refractivity contribution >= 4 is 21.4 Å². The van der Waals surface area contributed by atoms with E-state index < -0.39 is 21.5 Å². The summed E-state index contributed by atoms with van der Waals surface area (Å²) in [5.41, 5.74) is -0.270. The van der Waals surface area contributed by atoms with Crippen molar-refractivity contribution < 1.29 is 22.6 Å². The molecule has 2 aromatic rings. The van der Waals surface area contributed by atoms with Crippen LogP contribution in [0.15, 0.2) is 53.4 Å². The van der Waals surface area contributed by atoms with E-state index >= 15 is 0 Å². The second kappa shape index (κ2) is 6.10. The molecule has 0 unspecified atom stereocenters. The Labute approximate surface area is 127 Å². The van der Waals surface area contributed by atoms with Crippen LogP contribution in [0.25, 0.3) is 0 Å². The highest BCUT2D eigenvalue weighted by Crippen LogP contribution is 2.27. The van der Waals surface area contributed by atoms with Crippen molar-refractivity contribution in [3.8, 4) is 0 Å². The number of anilines is 1. The average molecular weight is 325 g/mol. The number of hydrogen-bond donors (Lipinski definition) is 0. The van der Waals surface area contributed by atoms with Crippen LogP contribution in [0.4, 0.5) is 15.8 Å². The molecule has 2 aromatic carbocycles. The van der Waals surface area contributed by atoms with E-state index in [1.807, 2.05) is 0 Å². The van der Waals surface area contributed by atoms with Crippen molar-refractivity contribution in [3.63, 3.8) is 0 Å². The number of rotatable bonds is 5. The fraction of sp³-hybridized carbons (Fsp3) is 0.143. The van der Waals surface area contributed by atoms with Gasteiger partial charge in [-0.1, -0.05) is 18.2 Å². The molecule has 0 atom stereocenters. The minimum absolute atomic E-state index is 0.0260. The quantitative estimate of drug-likeness (QED) is 0.793. The first-order valence-electron chi connectivity index (χ1n) is 6.23. The Morgan fingerprint density at radius 3 is 2.36 bits per heavy atom. The Morgan fingerprint density at radius 1 is 1.14 bits per heavy atom. The van der Waals surface area contributed by atoms with Crippen LogP contribution in [0.3, 0.4) is 0 Å². The van der Waals surface area contributed by atoms with Gasteiger partial charge in [-0.3, -0.25) is 4.31 Å². The Balaban J connectivity index is 2.46. The van der Waals surface area contributed by atoms with E-state index in [-0.39, 0.29) is 15.5 Å². The maximum absolute atomic E-state index is 13.6. The summed E-state index contributed by atoms with van der Waals surface area (Å²) < 4.78 is 39.5. The fourth-order valence-electron chi connectivity index (χ4n) is 1.82. The van der Waals surface area contributed by atoms with Crippen molar-refractivity contribution in [3.05, 3.63) is 59.3 Å². The normalized spacial score (nSPS) is 11.0. The Morgan fingerprint density at radius 2 is 1.77 bits per heavy atom. The van der Waals surface area contributed by atoms with Crippen LogP contribution in [0, 0.1) is 10.7 Å². The second-order valence-corrected chi connectivity index (χ2v) is 6.33. The summed E-state index contributed by atoms with van der Waals surface area (Å²) in [7, 11) is -1.40. The topological polar surface area (TPSA) is 66.7 Å². The lowest BCUT2D eigenvalue weighted by Crippen LogP contribution is -2.26. The highest BCUT2D eigenvalue weighted by Gasteiger charge is 2.26. The third-order valence-corrected chi connectivity index (χ3v) is 4.86. The molecular weight excluding hydrogens is 311 g/mol. The zero-order chi connectivity index (χ0) is 16.3. The highest BCUT2D eigenvalue weighted by molar-refractivity contribution is 7.92. The van der Waals surface area contributed by atoms with E-state index in [2.05, 4.69) is 4.84 Å². The summed E-state index contributed by atoms with van der Waals surface area (Å²) in [5.74, 6) is -0.814. The fourth-order valence-corrected chi connectivity index (χ4v) is 3.03. The van der Waals surface area contributed by atoms with Crippen LogP contribution in [0.1, 0.15) is 0 Å². The van der Waals surface area contributed by atoms with Gasteiger partial charge in [-0.2, -0.15) is 4.39 Å². The summed E-state index contributed by atoms with van der Waals surface area (Å²) in [6.07, 6.45) is 0. The van der Waals surface area contributed by atoms with E-state index in [1.54, 1.807) is 18.2 Å². The second-order valence-electron chi connectivity index (χ2n) is 4.36. The van der Waals surface area contributed by atoms with Crippen LogP contribution in [-0.4, -0.2) is 27.5 Å². The van der Waals surface area contributed by atoms with E-state index in [9.17, 15) is 17.7 Å². The van der Waals surface area contributed by atoms with Crippen molar-refractivity contribution in [2.24, 2.45) is 0 Å². The Bertz CT molecular complexity index is 794. The van der Waals surface area contributed by atoms with Gasteiger partial charge in [-0.25, -0.2) is 13.3 Å². The molecule has 6 nitrogen and oxygen atoms in total. The lowest BCUT2D eigenvalue weighted by molar-refractivity contribution is -0.737. The number of benzene rings is 2. The van der Waals surface area contributed by atoms with Gasteiger partial charge in [0.1, 0.15) is 0 Å². The molecule has 0 N–H and O–H groups in total. The maximum atomic E-state index is 13.6. The van der Waals surface area contributed by atoms with Gasteiger partial charge in [0.15, 0.2) is 7.11 Å². The average Bonchev–Trinajstić information content (AvgIpc) is 2.54. The molecule has 116 valence electrons. The van der Waals surface area contributed by atoms with Crippen LogP contribution in [0.2, 0.25) is 0 Å². The molecule has 0 spiro atoms. The Kier molecular flexibility index (Phi) is 4.41. The highest BCUT2D eigenvalue weighted by atomic mass is 32.2. The van der Waals surface area contributed by atoms with Crippen molar-refractivity contribution in [1.29, 1.82) is 0 Å². The molecule has 0 aromatic heterocycles. The molecule has 0 saturated carbocycles. The van der Waals surface area contributed by atoms with Gasteiger partial charge in [-0.05, 0) is 24.3 Å². The van der Waals surface area contributed by atoms with Crippen LogP contribution < -0.4 is 4.31 Å². The summed E-state index contributed by atoms with van der Waals surface area (Å²) in [6.45, 7) is 0. The zero-order valence-corrected chi connectivity index (χ0v) is 12.7. The molecule has 22 heavy (non-hydrogen) atoms. The van der Waals surface area contributed by atoms with Crippen LogP contribution in [-0.2, 0) is 14.9 Å². The molecule has 0 saturated heterocycles. The van der Waals surface area contributed by atoms with Gasteiger partial charge in [0.25, 0.3) is 14.9 Å². The standard InChI is InChI=1S/C14H14FN2O4S/c1-16(22(19,20)12-6-4-3-5-7-12)11-8-9-13(15)14(10-11)17(18)21-2/h3-10H,1-2H3/q+1. The smallest absolute Gasteiger partial charge is 0.269 e. The predicted octanol–water partition coefficient (Wildman–Crippen LogP) is 2.62. The molecular formula is C14H14FN2O4S+. The zero-order valence-electron chi connectivity index (χ0n) is 11.9. The molecule has 0 bridgehead atoms. The van der Waals surface area contributed by atoms with Crippen molar-refractivity contribution in [1.82, 2.24) is 0 Å². The van der Waals surface area contributed by atoms with E-state index in [0.29, 0.717) is 0 Å². The summed E-state index contributed by atoms with van der Waals surface area (Å²) in [5, 5.41) is 0. The van der Waals surface area contributed by atoms with Gasteiger partial charge >= 0.3 is 5.69 Å². The lowest BCUT2D eigenvalue weighted by Gasteiger charge is -2.19. The minimum Gasteiger partial charge on any atom is -0.269 e. The molecule has 2 rings (SSSR count). The monoisotopic (exact) mass is 325 g/mol. The lowest BCUT2D eigenvalue weighted by atomic mass is 10.2. The summed E-state index contributed by atoms with van der Waals surface area (Å²) in [6, 6.07) is 11.2. The third-order valence-electron chi connectivity index (χ3n) is 3.06. The van der Waals surface area contributed by atoms with Gasteiger partial charge in [0.05, 0.1) is 15.5 Å². The molecule has 0 radical (unpaired) electrons. The molecule has 0 aliphatic carbocycles. The molecule has 0 aliphatic heterocycles. The van der Waals surface area contributed by atoms with Crippen LogP contribution >= 0.6 is 0 Å². The predicted molar refractivity (Wildman–Crippen MR) is 78.7 cm³/mol. The minimum atomic E-state index is -3.80. The first kappa shape index (κ1) is 15.9. The van der Waals surface area contributed by atoms with Crippen molar-refractivity contribution in [2.75, 3.05) is 18.5 Å². The first-order chi connectivity index (χ1) is 10.4. The maximum Gasteiger partial charge on any atom is 0.354 e. The molecule has 8 heteroatoms. The number of sulfonamides is 1. The Hall–Kier alpha value is -2.48. The molecule has 0 fully saturated rings. The van der Waals surface area contributed by atoms with Gasteiger partial charge in [0, 0.05) is 13.1 Å². The van der Waals surface area contributed by atoms with Crippen LogP contribution in [0.5, 0.6) is 0 Å². The van der Waals surface area contributed by atoms with E-state index in [0.717, 1.165) is 23.5 Å². The number of halogens is 1. The van der Waals surface area contributed by atoms with Gasteiger partial charge < -0.3 is 0 Å². The molecule has 0 aliphatic rings. The number of hydrogen-bond acceptors (Lipinski definition) is 4. The van der Waals surface area contributed by atoms with E-state index in [4.69, 9.17) is 0 Å². The largest absolute Gasteiger partial charge is 0.354 e. The summed E-state index contributed by atoms with van der Waals surface area (Å²) >= 11 is 0. The van der Waals surface area contributed by atoms with Gasteiger partial charge in [0.2, 0.25) is 5.82 Å².